The maximum absolute atomic E-state index is 11.3. The molecule has 18 heavy (non-hydrogen) atoms. The summed E-state index contributed by atoms with van der Waals surface area (Å²) in [4.78, 5) is 11.3. The van der Waals surface area contributed by atoms with Crippen molar-refractivity contribution in [2.75, 3.05) is 19.8 Å². The summed E-state index contributed by atoms with van der Waals surface area (Å²) in [6.45, 7) is 3.10. The van der Waals surface area contributed by atoms with Gasteiger partial charge in [0.2, 0.25) is 5.91 Å². The Morgan fingerprint density at radius 2 is 2.06 bits per heavy atom. The number of hydrogen-bond donors (Lipinski definition) is 2. The molecule has 0 atom stereocenters. The van der Waals surface area contributed by atoms with E-state index in [2.05, 4.69) is 12.2 Å². The molecule has 4 heteroatoms. The second-order valence-electron chi connectivity index (χ2n) is 4.07. The molecule has 1 aromatic rings. The van der Waals surface area contributed by atoms with Gasteiger partial charge in [-0.2, -0.15) is 0 Å². The summed E-state index contributed by atoms with van der Waals surface area (Å²) in [6.07, 6.45) is 2.13. The van der Waals surface area contributed by atoms with E-state index in [-0.39, 0.29) is 12.5 Å². The third kappa shape index (κ3) is 5.68. The Morgan fingerprint density at radius 3 is 2.67 bits per heavy atom. The second-order valence-corrected chi connectivity index (χ2v) is 4.07. The monoisotopic (exact) mass is 251 g/mol. The van der Waals surface area contributed by atoms with E-state index in [1.807, 2.05) is 24.3 Å². The second kappa shape index (κ2) is 8.53. The van der Waals surface area contributed by atoms with E-state index in [1.54, 1.807) is 0 Å². The Morgan fingerprint density at radius 1 is 1.33 bits per heavy atom. The molecule has 0 heterocycles. The highest BCUT2D eigenvalue weighted by molar-refractivity contribution is 5.76. The van der Waals surface area contributed by atoms with Gasteiger partial charge in [-0.15, -0.1) is 0 Å². The van der Waals surface area contributed by atoms with Crippen molar-refractivity contribution in [2.24, 2.45) is 0 Å². The number of rotatable bonds is 8. The largest absolute Gasteiger partial charge is 0.494 e. The first-order chi connectivity index (χ1) is 8.76. The van der Waals surface area contributed by atoms with Gasteiger partial charge in [0.25, 0.3) is 0 Å². The minimum atomic E-state index is -0.0321. The maximum Gasteiger partial charge on any atom is 0.220 e. The van der Waals surface area contributed by atoms with E-state index in [1.165, 1.54) is 0 Å². The van der Waals surface area contributed by atoms with E-state index < -0.39 is 0 Å². The average molecular weight is 251 g/mol. The van der Waals surface area contributed by atoms with Crippen LogP contribution in [0.25, 0.3) is 0 Å². The summed E-state index contributed by atoms with van der Waals surface area (Å²) in [5.74, 6) is 0.834. The lowest BCUT2D eigenvalue weighted by molar-refractivity contribution is -0.121. The number of benzene rings is 1. The van der Waals surface area contributed by atoms with E-state index >= 15 is 0 Å². The van der Waals surface area contributed by atoms with Crippen LogP contribution in [0.15, 0.2) is 24.3 Å². The minimum Gasteiger partial charge on any atom is -0.494 e. The van der Waals surface area contributed by atoms with Crippen molar-refractivity contribution in [2.45, 2.75) is 26.2 Å². The zero-order chi connectivity index (χ0) is 13.2. The first kappa shape index (κ1) is 14.5. The summed E-state index contributed by atoms with van der Waals surface area (Å²) in [6, 6.07) is 7.81. The van der Waals surface area contributed by atoms with Gasteiger partial charge in [-0.05, 0) is 30.5 Å². The molecule has 0 bridgehead atoms. The molecule has 0 saturated heterocycles. The van der Waals surface area contributed by atoms with Crippen molar-refractivity contribution in [1.29, 1.82) is 0 Å². The number of aryl methyl sites for hydroxylation is 1. The Balaban J connectivity index is 2.32. The summed E-state index contributed by atoms with van der Waals surface area (Å²) < 4.78 is 5.48. The van der Waals surface area contributed by atoms with Crippen molar-refractivity contribution >= 4 is 5.91 Å². The quantitative estimate of drug-likeness (QED) is 0.736. The van der Waals surface area contributed by atoms with E-state index in [9.17, 15) is 4.79 Å². The fourth-order valence-electron chi connectivity index (χ4n) is 1.51. The third-order valence-corrected chi connectivity index (χ3v) is 2.47. The molecule has 0 unspecified atom stereocenters. The molecule has 0 aliphatic rings. The maximum atomic E-state index is 11.3. The standard InChI is InChI=1S/C14H21NO3/c1-2-11-18-13-6-3-12(4-7-13)5-8-14(17)15-9-10-16/h3-4,6-7,16H,2,5,8-11H2,1H3,(H,15,17). The number of aliphatic hydroxyl groups excluding tert-OH is 1. The van der Waals surface area contributed by atoms with E-state index in [0.29, 0.717) is 19.4 Å². The van der Waals surface area contributed by atoms with Gasteiger partial charge in [0.15, 0.2) is 0 Å². The normalized spacial score (nSPS) is 10.1. The number of carbonyl (C=O) groups is 1. The van der Waals surface area contributed by atoms with Crippen LogP contribution in [-0.4, -0.2) is 30.8 Å². The zero-order valence-corrected chi connectivity index (χ0v) is 10.8. The number of nitrogens with one attached hydrogen (secondary N) is 1. The van der Waals surface area contributed by atoms with Crippen molar-refractivity contribution in [3.05, 3.63) is 29.8 Å². The first-order valence-corrected chi connectivity index (χ1v) is 6.35. The molecule has 1 rings (SSSR count). The van der Waals surface area contributed by atoms with Crippen LogP contribution in [0.1, 0.15) is 25.3 Å². The topological polar surface area (TPSA) is 58.6 Å². The van der Waals surface area contributed by atoms with Gasteiger partial charge >= 0.3 is 0 Å². The molecular weight excluding hydrogens is 230 g/mol. The van der Waals surface area contributed by atoms with Crippen molar-refractivity contribution in [3.63, 3.8) is 0 Å². The van der Waals surface area contributed by atoms with Crippen molar-refractivity contribution < 1.29 is 14.6 Å². The molecule has 0 saturated carbocycles. The molecule has 0 spiro atoms. The molecule has 1 amide bonds. The molecule has 0 aromatic heterocycles. The number of amides is 1. The van der Waals surface area contributed by atoms with E-state index in [4.69, 9.17) is 9.84 Å². The van der Waals surface area contributed by atoms with Crippen LogP contribution in [0.3, 0.4) is 0 Å². The highest BCUT2D eigenvalue weighted by Gasteiger charge is 2.01. The Labute approximate surface area is 108 Å². The van der Waals surface area contributed by atoms with Crippen molar-refractivity contribution in [3.8, 4) is 5.75 Å². The predicted molar refractivity (Wildman–Crippen MR) is 70.6 cm³/mol. The van der Waals surface area contributed by atoms with Gasteiger partial charge in [-0.3, -0.25) is 4.79 Å². The van der Waals surface area contributed by atoms with Gasteiger partial charge in [-0.25, -0.2) is 0 Å². The molecule has 4 nitrogen and oxygen atoms in total. The van der Waals surface area contributed by atoms with Gasteiger partial charge in [0, 0.05) is 13.0 Å². The van der Waals surface area contributed by atoms with Crippen LogP contribution in [0.4, 0.5) is 0 Å². The number of ether oxygens (including phenoxy) is 1. The van der Waals surface area contributed by atoms with Gasteiger partial charge in [-0.1, -0.05) is 19.1 Å². The van der Waals surface area contributed by atoms with Crippen molar-refractivity contribution in [1.82, 2.24) is 5.32 Å². The number of aliphatic hydroxyl groups is 1. The van der Waals surface area contributed by atoms with E-state index in [0.717, 1.165) is 24.3 Å². The highest BCUT2D eigenvalue weighted by atomic mass is 16.5. The Kier molecular flexibility index (Phi) is 6.87. The lowest BCUT2D eigenvalue weighted by Crippen LogP contribution is -2.26. The third-order valence-electron chi connectivity index (χ3n) is 2.47. The summed E-state index contributed by atoms with van der Waals surface area (Å²) in [7, 11) is 0. The fourth-order valence-corrected chi connectivity index (χ4v) is 1.51. The Hall–Kier alpha value is -1.55. The average Bonchev–Trinajstić information content (AvgIpc) is 2.41. The first-order valence-electron chi connectivity index (χ1n) is 6.35. The number of carbonyl (C=O) groups excluding carboxylic acids is 1. The minimum absolute atomic E-state index is 0.0186. The summed E-state index contributed by atoms with van der Waals surface area (Å²) in [5.41, 5.74) is 1.11. The van der Waals surface area contributed by atoms with Crippen LogP contribution < -0.4 is 10.1 Å². The molecule has 100 valence electrons. The van der Waals surface area contributed by atoms with Crippen LogP contribution in [0.2, 0.25) is 0 Å². The van der Waals surface area contributed by atoms with Crippen LogP contribution in [-0.2, 0) is 11.2 Å². The smallest absolute Gasteiger partial charge is 0.220 e. The predicted octanol–water partition coefficient (Wildman–Crippen LogP) is 1.52. The molecule has 0 aliphatic heterocycles. The molecule has 0 fully saturated rings. The molecular formula is C14H21NO3. The van der Waals surface area contributed by atoms with Crippen LogP contribution in [0.5, 0.6) is 5.75 Å². The lowest BCUT2D eigenvalue weighted by atomic mass is 10.1. The number of hydrogen-bond acceptors (Lipinski definition) is 3. The summed E-state index contributed by atoms with van der Waals surface area (Å²) in [5, 5.41) is 11.2. The van der Waals surface area contributed by atoms with Crippen LogP contribution in [0, 0.1) is 0 Å². The van der Waals surface area contributed by atoms with Crippen LogP contribution >= 0.6 is 0 Å². The highest BCUT2D eigenvalue weighted by Crippen LogP contribution is 2.13. The summed E-state index contributed by atoms with van der Waals surface area (Å²) >= 11 is 0. The molecule has 1 aromatic carbocycles. The lowest BCUT2D eigenvalue weighted by Gasteiger charge is -2.06. The Bertz CT molecular complexity index is 349. The molecule has 2 N–H and O–H groups in total. The van der Waals surface area contributed by atoms with Gasteiger partial charge in [0.05, 0.1) is 13.2 Å². The fraction of sp³-hybridized carbons (Fsp3) is 0.500. The molecule has 0 aliphatic carbocycles. The van der Waals surface area contributed by atoms with Gasteiger partial charge in [0.1, 0.15) is 5.75 Å². The SMILES string of the molecule is CCCOc1ccc(CCC(=O)NCCO)cc1. The molecule has 0 radical (unpaired) electrons. The van der Waals surface area contributed by atoms with Gasteiger partial charge < -0.3 is 15.2 Å². The zero-order valence-electron chi connectivity index (χ0n) is 10.8.